The standard InChI is InChI=1S/C11H15BrClNO2/c12-10-9(5-8-16-10)11(15)14-7-4-2-1-3-6-13/h5,8H,1-4,6-7H2,(H,14,15). The molecule has 1 amide bonds. The van der Waals surface area contributed by atoms with Crippen LogP contribution in [0, 0.1) is 0 Å². The summed E-state index contributed by atoms with van der Waals surface area (Å²) < 4.78 is 5.47. The summed E-state index contributed by atoms with van der Waals surface area (Å²) in [6.07, 6.45) is 5.73. The topological polar surface area (TPSA) is 42.2 Å². The highest BCUT2D eigenvalue weighted by Gasteiger charge is 2.11. The van der Waals surface area contributed by atoms with Gasteiger partial charge in [0.2, 0.25) is 0 Å². The number of unbranched alkanes of at least 4 members (excludes halogenated alkanes) is 3. The van der Waals surface area contributed by atoms with E-state index in [1.165, 1.54) is 6.26 Å². The summed E-state index contributed by atoms with van der Waals surface area (Å²) in [5, 5.41) is 2.84. The normalized spacial score (nSPS) is 10.4. The summed E-state index contributed by atoms with van der Waals surface area (Å²) in [5.41, 5.74) is 0.542. The lowest BCUT2D eigenvalue weighted by molar-refractivity contribution is 0.0951. The lowest BCUT2D eigenvalue weighted by atomic mass is 10.2. The summed E-state index contributed by atoms with van der Waals surface area (Å²) in [6, 6.07) is 1.65. The fraction of sp³-hybridized carbons (Fsp3) is 0.545. The van der Waals surface area contributed by atoms with Gasteiger partial charge in [-0.05, 0) is 34.8 Å². The summed E-state index contributed by atoms with van der Waals surface area (Å²) in [4.78, 5) is 11.6. The Labute approximate surface area is 109 Å². The molecule has 0 saturated carbocycles. The molecule has 0 spiro atoms. The molecule has 0 saturated heterocycles. The zero-order valence-corrected chi connectivity index (χ0v) is 11.3. The predicted molar refractivity (Wildman–Crippen MR) is 67.9 cm³/mol. The Kier molecular flexibility index (Phi) is 6.57. The van der Waals surface area contributed by atoms with Gasteiger partial charge in [-0.15, -0.1) is 11.6 Å². The lowest BCUT2D eigenvalue weighted by Crippen LogP contribution is -2.24. The van der Waals surface area contributed by atoms with Gasteiger partial charge < -0.3 is 9.73 Å². The number of hydrogen-bond acceptors (Lipinski definition) is 2. The van der Waals surface area contributed by atoms with E-state index in [1.807, 2.05) is 0 Å². The SMILES string of the molecule is O=C(NCCCCCCCl)c1ccoc1Br. The molecule has 0 aromatic carbocycles. The number of alkyl halides is 1. The van der Waals surface area contributed by atoms with Crippen LogP contribution < -0.4 is 5.32 Å². The van der Waals surface area contributed by atoms with Crippen LogP contribution in [0.1, 0.15) is 36.0 Å². The molecule has 0 aliphatic rings. The molecule has 90 valence electrons. The van der Waals surface area contributed by atoms with E-state index in [2.05, 4.69) is 21.2 Å². The highest BCUT2D eigenvalue weighted by atomic mass is 79.9. The molecule has 16 heavy (non-hydrogen) atoms. The van der Waals surface area contributed by atoms with Crippen LogP contribution in [-0.4, -0.2) is 18.3 Å². The molecule has 5 heteroatoms. The van der Waals surface area contributed by atoms with Crippen molar-refractivity contribution in [3.8, 4) is 0 Å². The van der Waals surface area contributed by atoms with Crippen molar-refractivity contribution in [2.75, 3.05) is 12.4 Å². The van der Waals surface area contributed by atoms with Crippen LogP contribution >= 0.6 is 27.5 Å². The summed E-state index contributed by atoms with van der Waals surface area (Å²) in [6.45, 7) is 0.693. The predicted octanol–water partition coefficient (Wildman–Crippen LogP) is 3.57. The van der Waals surface area contributed by atoms with Gasteiger partial charge in [0.15, 0.2) is 4.67 Å². The molecule has 1 heterocycles. The van der Waals surface area contributed by atoms with E-state index >= 15 is 0 Å². The van der Waals surface area contributed by atoms with Gasteiger partial charge >= 0.3 is 0 Å². The maximum absolute atomic E-state index is 11.6. The second kappa shape index (κ2) is 7.74. The number of amides is 1. The smallest absolute Gasteiger partial charge is 0.255 e. The highest BCUT2D eigenvalue weighted by molar-refractivity contribution is 9.10. The van der Waals surface area contributed by atoms with Crippen molar-refractivity contribution < 1.29 is 9.21 Å². The Hall–Kier alpha value is -0.480. The van der Waals surface area contributed by atoms with E-state index in [-0.39, 0.29) is 5.91 Å². The number of furan rings is 1. The fourth-order valence-electron chi connectivity index (χ4n) is 1.33. The first-order chi connectivity index (χ1) is 7.75. The third-order valence-electron chi connectivity index (χ3n) is 2.21. The fourth-order valence-corrected chi connectivity index (χ4v) is 1.94. The number of nitrogens with one attached hydrogen (secondary N) is 1. The first kappa shape index (κ1) is 13.6. The van der Waals surface area contributed by atoms with Crippen LogP contribution in [-0.2, 0) is 0 Å². The zero-order valence-electron chi connectivity index (χ0n) is 8.97. The largest absolute Gasteiger partial charge is 0.457 e. The minimum atomic E-state index is -0.0991. The van der Waals surface area contributed by atoms with Crippen molar-refractivity contribution >= 4 is 33.4 Å². The van der Waals surface area contributed by atoms with E-state index in [4.69, 9.17) is 16.0 Å². The monoisotopic (exact) mass is 307 g/mol. The molecule has 1 aromatic rings. The maximum atomic E-state index is 11.6. The Morgan fingerprint density at radius 1 is 1.38 bits per heavy atom. The Bertz CT molecular complexity index is 328. The quantitative estimate of drug-likeness (QED) is 0.618. The molecule has 0 radical (unpaired) electrons. The molecular weight excluding hydrogens is 293 g/mol. The van der Waals surface area contributed by atoms with Gasteiger partial charge in [0, 0.05) is 12.4 Å². The van der Waals surface area contributed by atoms with E-state index in [1.54, 1.807) is 6.07 Å². The molecule has 0 atom stereocenters. The van der Waals surface area contributed by atoms with Crippen molar-refractivity contribution in [2.45, 2.75) is 25.7 Å². The second-order valence-electron chi connectivity index (χ2n) is 3.47. The van der Waals surface area contributed by atoms with Gasteiger partial charge in [-0.2, -0.15) is 0 Å². The van der Waals surface area contributed by atoms with Crippen molar-refractivity contribution in [1.29, 1.82) is 0 Å². The minimum absolute atomic E-state index is 0.0991. The zero-order chi connectivity index (χ0) is 11.8. The number of rotatable bonds is 7. The summed E-state index contributed by atoms with van der Waals surface area (Å²) >= 11 is 8.73. The van der Waals surface area contributed by atoms with Crippen LogP contribution in [0.4, 0.5) is 0 Å². The van der Waals surface area contributed by atoms with Gasteiger partial charge in [-0.25, -0.2) is 0 Å². The Morgan fingerprint density at radius 2 is 2.12 bits per heavy atom. The number of carbonyl (C=O) groups excluding carboxylic acids is 1. The van der Waals surface area contributed by atoms with Gasteiger partial charge in [0.05, 0.1) is 11.8 Å². The van der Waals surface area contributed by atoms with Gasteiger partial charge in [0.25, 0.3) is 5.91 Å². The number of hydrogen-bond donors (Lipinski definition) is 1. The minimum Gasteiger partial charge on any atom is -0.457 e. The first-order valence-electron chi connectivity index (χ1n) is 5.33. The van der Waals surface area contributed by atoms with E-state index in [0.29, 0.717) is 22.7 Å². The molecule has 0 aliphatic carbocycles. The third kappa shape index (κ3) is 4.58. The molecule has 1 N–H and O–H groups in total. The van der Waals surface area contributed by atoms with Crippen molar-refractivity contribution in [3.05, 3.63) is 22.6 Å². The molecule has 1 aromatic heterocycles. The number of carbonyl (C=O) groups is 1. The van der Waals surface area contributed by atoms with Crippen molar-refractivity contribution in [2.24, 2.45) is 0 Å². The van der Waals surface area contributed by atoms with Crippen molar-refractivity contribution in [1.82, 2.24) is 5.32 Å². The van der Waals surface area contributed by atoms with Crippen LogP contribution in [0.5, 0.6) is 0 Å². The van der Waals surface area contributed by atoms with E-state index in [0.717, 1.165) is 25.7 Å². The average Bonchev–Trinajstić information content (AvgIpc) is 2.69. The molecule has 0 fully saturated rings. The molecular formula is C11H15BrClNO2. The van der Waals surface area contributed by atoms with Crippen LogP contribution in [0.2, 0.25) is 0 Å². The van der Waals surface area contributed by atoms with Crippen LogP contribution in [0.3, 0.4) is 0 Å². The molecule has 0 aliphatic heterocycles. The van der Waals surface area contributed by atoms with Gasteiger partial charge in [0.1, 0.15) is 0 Å². The van der Waals surface area contributed by atoms with Gasteiger partial charge in [-0.3, -0.25) is 4.79 Å². The van der Waals surface area contributed by atoms with E-state index in [9.17, 15) is 4.79 Å². The van der Waals surface area contributed by atoms with Crippen LogP contribution in [0.25, 0.3) is 0 Å². The van der Waals surface area contributed by atoms with Crippen molar-refractivity contribution in [3.63, 3.8) is 0 Å². The lowest BCUT2D eigenvalue weighted by Gasteiger charge is -2.03. The summed E-state index contributed by atoms with van der Waals surface area (Å²) in [5.74, 6) is 0.617. The molecule has 1 rings (SSSR count). The van der Waals surface area contributed by atoms with Gasteiger partial charge in [-0.1, -0.05) is 12.8 Å². The Balaban J connectivity index is 2.14. The molecule has 3 nitrogen and oxygen atoms in total. The Morgan fingerprint density at radius 3 is 2.75 bits per heavy atom. The summed E-state index contributed by atoms with van der Waals surface area (Å²) in [7, 11) is 0. The molecule has 0 bridgehead atoms. The average molecular weight is 309 g/mol. The van der Waals surface area contributed by atoms with Crippen LogP contribution in [0.15, 0.2) is 21.4 Å². The number of halogens is 2. The maximum Gasteiger partial charge on any atom is 0.255 e. The van der Waals surface area contributed by atoms with E-state index < -0.39 is 0 Å². The molecule has 0 unspecified atom stereocenters. The second-order valence-corrected chi connectivity index (χ2v) is 4.57. The third-order valence-corrected chi connectivity index (χ3v) is 3.09. The highest BCUT2D eigenvalue weighted by Crippen LogP contribution is 2.16. The first-order valence-corrected chi connectivity index (χ1v) is 6.65.